The van der Waals surface area contributed by atoms with Gasteiger partial charge in [0.05, 0.1) is 17.1 Å². The van der Waals surface area contributed by atoms with Crippen LogP contribution in [0.1, 0.15) is 38.1 Å². The number of rotatable bonds is 6. The number of nitrogens with two attached hydrogens (primary N) is 1. The molecule has 0 aromatic heterocycles. The fourth-order valence-electron chi connectivity index (χ4n) is 1.56. The highest BCUT2D eigenvalue weighted by atomic mass is 16.6. The first-order chi connectivity index (χ1) is 9.22. The minimum absolute atomic E-state index is 0.00320. The molecule has 0 aliphatic heterocycles. The SMILES string of the molecule is CC(C)Oc1cc(C(N)=O)cc([N+](=O)[O-])c1OC(C)C. The average molecular weight is 282 g/mol. The summed E-state index contributed by atoms with van der Waals surface area (Å²) in [6, 6.07) is 2.44. The summed E-state index contributed by atoms with van der Waals surface area (Å²) in [5.41, 5.74) is 4.84. The lowest BCUT2D eigenvalue weighted by Crippen LogP contribution is -2.15. The van der Waals surface area contributed by atoms with Crippen LogP contribution in [-0.4, -0.2) is 23.0 Å². The minimum Gasteiger partial charge on any atom is -0.487 e. The molecule has 1 amide bonds. The van der Waals surface area contributed by atoms with Gasteiger partial charge >= 0.3 is 5.69 Å². The third-order valence-electron chi connectivity index (χ3n) is 2.23. The molecule has 0 saturated heterocycles. The smallest absolute Gasteiger partial charge is 0.315 e. The standard InChI is InChI=1S/C13H18N2O5/c1-7(2)19-11-6-9(13(14)16)5-10(15(17)18)12(11)20-8(3)4/h5-8H,1-4H3,(H2,14,16). The number of hydrogen-bond acceptors (Lipinski definition) is 5. The molecule has 0 aliphatic carbocycles. The third-order valence-corrected chi connectivity index (χ3v) is 2.23. The fraction of sp³-hybridized carbons (Fsp3) is 0.462. The Morgan fingerprint density at radius 3 is 2.15 bits per heavy atom. The molecular formula is C13H18N2O5. The van der Waals surface area contributed by atoms with Crippen LogP contribution >= 0.6 is 0 Å². The summed E-state index contributed by atoms with van der Waals surface area (Å²) in [5, 5.41) is 11.1. The largest absolute Gasteiger partial charge is 0.487 e. The highest BCUT2D eigenvalue weighted by Crippen LogP contribution is 2.39. The summed E-state index contributed by atoms with van der Waals surface area (Å²) in [6.45, 7) is 7.01. The van der Waals surface area contributed by atoms with E-state index in [1.807, 2.05) is 0 Å². The zero-order chi connectivity index (χ0) is 15.4. The van der Waals surface area contributed by atoms with Gasteiger partial charge in [-0.15, -0.1) is 0 Å². The average Bonchev–Trinajstić information content (AvgIpc) is 2.28. The maximum atomic E-state index is 11.3. The molecule has 110 valence electrons. The van der Waals surface area contributed by atoms with Crippen molar-refractivity contribution in [3.63, 3.8) is 0 Å². The van der Waals surface area contributed by atoms with Crippen molar-refractivity contribution in [3.05, 3.63) is 27.8 Å². The van der Waals surface area contributed by atoms with Crippen molar-refractivity contribution >= 4 is 11.6 Å². The summed E-state index contributed by atoms with van der Waals surface area (Å²) >= 11 is 0. The molecule has 2 N–H and O–H groups in total. The molecule has 1 rings (SSSR count). The molecule has 0 atom stereocenters. The van der Waals surface area contributed by atoms with E-state index in [1.54, 1.807) is 27.7 Å². The van der Waals surface area contributed by atoms with E-state index < -0.39 is 10.8 Å². The molecule has 1 aromatic rings. The Balaban J connectivity index is 3.48. The van der Waals surface area contributed by atoms with Crippen LogP contribution in [0, 0.1) is 10.1 Å². The highest BCUT2D eigenvalue weighted by molar-refractivity contribution is 5.94. The lowest BCUT2D eigenvalue weighted by atomic mass is 10.1. The van der Waals surface area contributed by atoms with Crippen LogP contribution in [0.25, 0.3) is 0 Å². The maximum Gasteiger partial charge on any atom is 0.315 e. The van der Waals surface area contributed by atoms with Gasteiger partial charge < -0.3 is 15.2 Å². The van der Waals surface area contributed by atoms with E-state index in [4.69, 9.17) is 15.2 Å². The number of amides is 1. The molecule has 0 bridgehead atoms. The van der Waals surface area contributed by atoms with Gasteiger partial charge in [0.1, 0.15) is 0 Å². The van der Waals surface area contributed by atoms with E-state index in [-0.39, 0.29) is 35.0 Å². The second kappa shape index (κ2) is 6.23. The lowest BCUT2D eigenvalue weighted by Gasteiger charge is -2.17. The number of nitro groups is 1. The van der Waals surface area contributed by atoms with Crippen LogP contribution in [0.15, 0.2) is 12.1 Å². The summed E-state index contributed by atoms with van der Waals surface area (Å²) in [4.78, 5) is 21.8. The van der Waals surface area contributed by atoms with Gasteiger partial charge in [-0.25, -0.2) is 0 Å². The number of nitro benzene ring substituents is 1. The Bertz CT molecular complexity index is 526. The third kappa shape index (κ3) is 3.84. The first kappa shape index (κ1) is 15.7. The molecule has 0 radical (unpaired) electrons. The summed E-state index contributed by atoms with van der Waals surface area (Å²) < 4.78 is 10.9. The second-order valence-corrected chi connectivity index (χ2v) is 4.78. The van der Waals surface area contributed by atoms with Crippen molar-refractivity contribution in [1.29, 1.82) is 0 Å². The van der Waals surface area contributed by atoms with Crippen molar-refractivity contribution in [2.24, 2.45) is 5.73 Å². The predicted molar refractivity (Wildman–Crippen MR) is 73.1 cm³/mol. The predicted octanol–water partition coefficient (Wildman–Crippen LogP) is 2.27. The number of nitrogens with zero attached hydrogens (tertiary/aromatic N) is 1. The minimum atomic E-state index is -0.766. The molecule has 20 heavy (non-hydrogen) atoms. The van der Waals surface area contributed by atoms with Crippen molar-refractivity contribution in [2.75, 3.05) is 0 Å². The van der Waals surface area contributed by atoms with Crippen molar-refractivity contribution in [3.8, 4) is 11.5 Å². The van der Waals surface area contributed by atoms with Crippen LogP contribution in [0.3, 0.4) is 0 Å². The van der Waals surface area contributed by atoms with Gasteiger partial charge in [0.15, 0.2) is 5.75 Å². The first-order valence-electron chi connectivity index (χ1n) is 6.18. The number of carbonyl (C=O) groups excluding carboxylic acids is 1. The van der Waals surface area contributed by atoms with Gasteiger partial charge in [-0.2, -0.15) is 0 Å². The molecule has 1 aromatic carbocycles. The van der Waals surface area contributed by atoms with Crippen molar-refractivity contribution in [2.45, 2.75) is 39.9 Å². The van der Waals surface area contributed by atoms with Gasteiger partial charge in [-0.1, -0.05) is 0 Å². The van der Waals surface area contributed by atoms with Gasteiger partial charge in [0.25, 0.3) is 0 Å². The normalized spacial score (nSPS) is 10.7. The lowest BCUT2D eigenvalue weighted by molar-refractivity contribution is -0.386. The van der Waals surface area contributed by atoms with Crippen LogP contribution < -0.4 is 15.2 Å². The molecule has 0 spiro atoms. The number of hydrogen-bond donors (Lipinski definition) is 1. The molecule has 7 nitrogen and oxygen atoms in total. The molecule has 0 saturated carbocycles. The van der Waals surface area contributed by atoms with Gasteiger partial charge in [0.2, 0.25) is 11.7 Å². The van der Waals surface area contributed by atoms with E-state index in [0.29, 0.717) is 0 Å². The van der Waals surface area contributed by atoms with Gasteiger partial charge in [0, 0.05) is 11.6 Å². The first-order valence-corrected chi connectivity index (χ1v) is 6.18. The topological polar surface area (TPSA) is 105 Å². The number of carbonyl (C=O) groups is 1. The Morgan fingerprint density at radius 2 is 1.75 bits per heavy atom. The molecule has 7 heteroatoms. The van der Waals surface area contributed by atoms with E-state index in [1.165, 1.54) is 6.07 Å². The van der Waals surface area contributed by atoms with Crippen LogP contribution in [-0.2, 0) is 0 Å². The van der Waals surface area contributed by atoms with Crippen molar-refractivity contribution in [1.82, 2.24) is 0 Å². The summed E-state index contributed by atoms with van der Waals surface area (Å²) in [6.07, 6.45) is -0.505. The molecule has 0 fully saturated rings. The van der Waals surface area contributed by atoms with E-state index >= 15 is 0 Å². The highest BCUT2D eigenvalue weighted by Gasteiger charge is 2.25. The monoisotopic (exact) mass is 282 g/mol. The van der Waals surface area contributed by atoms with Crippen LogP contribution in [0.4, 0.5) is 5.69 Å². The van der Waals surface area contributed by atoms with Gasteiger partial charge in [-0.3, -0.25) is 14.9 Å². The zero-order valence-corrected chi connectivity index (χ0v) is 11.9. The summed E-state index contributed by atoms with van der Waals surface area (Å²) in [7, 11) is 0. The van der Waals surface area contributed by atoms with Crippen LogP contribution in [0.2, 0.25) is 0 Å². The van der Waals surface area contributed by atoms with E-state index in [2.05, 4.69) is 0 Å². The quantitative estimate of drug-likeness (QED) is 0.636. The van der Waals surface area contributed by atoms with E-state index in [9.17, 15) is 14.9 Å². The molecular weight excluding hydrogens is 264 g/mol. The van der Waals surface area contributed by atoms with Crippen molar-refractivity contribution < 1.29 is 19.2 Å². The molecule has 0 aliphatic rings. The van der Waals surface area contributed by atoms with Crippen LogP contribution in [0.5, 0.6) is 11.5 Å². The number of primary amides is 1. The zero-order valence-electron chi connectivity index (χ0n) is 11.9. The Morgan fingerprint density at radius 1 is 1.20 bits per heavy atom. The molecule has 0 unspecified atom stereocenters. The Labute approximate surface area is 116 Å². The van der Waals surface area contributed by atoms with Gasteiger partial charge in [-0.05, 0) is 33.8 Å². The number of ether oxygens (including phenoxy) is 2. The Kier molecular flexibility index (Phi) is 4.90. The maximum absolute atomic E-state index is 11.3. The number of benzene rings is 1. The Hall–Kier alpha value is -2.31. The fourth-order valence-corrected chi connectivity index (χ4v) is 1.56. The molecule has 0 heterocycles. The van der Waals surface area contributed by atoms with E-state index in [0.717, 1.165) is 6.07 Å². The second-order valence-electron chi connectivity index (χ2n) is 4.78. The summed E-state index contributed by atoms with van der Waals surface area (Å²) in [5.74, 6) is -0.627.